The van der Waals surface area contributed by atoms with Gasteiger partial charge in [-0.3, -0.25) is 9.89 Å². The summed E-state index contributed by atoms with van der Waals surface area (Å²) in [6.07, 6.45) is -2.60. The molecule has 1 aliphatic heterocycles. The number of H-pyrrole nitrogens is 1. The molecule has 1 fully saturated rings. The van der Waals surface area contributed by atoms with Gasteiger partial charge in [-0.05, 0) is 37.1 Å². The van der Waals surface area contributed by atoms with Gasteiger partial charge in [0.05, 0.1) is 17.7 Å². The highest BCUT2D eigenvalue weighted by molar-refractivity contribution is 5.95. The van der Waals surface area contributed by atoms with Crippen molar-refractivity contribution < 1.29 is 26.9 Å². The minimum atomic E-state index is -4.70. The fraction of sp³-hybridized carbons (Fsp3) is 0.333. The van der Waals surface area contributed by atoms with E-state index < -0.39 is 29.2 Å². The molecule has 1 saturated heterocycles. The fourth-order valence-corrected chi connectivity index (χ4v) is 3.32. The number of nitrogens with one attached hydrogen (secondary N) is 1. The summed E-state index contributed by atoms with van der Waals surface area (Å²) >= 11 is 0. The molecule has 0 bridgehead atoms. The van der Waals surface area contributed by atoms with Gasteiger partial charge in [0.1, 0.15) is 5.82 Å². The molecule has 0 saturated carbocycles. The van der Waals surface area contributed by atoms with Crippen LogP contribution < -0.4 is 0 Å². The molecular formula is C18H15F4N5O2. The predicted molar refractivity (Wildman–Crippen MR) is 91.2 cm³/mol. The Kier molecular flexibility index (Phi) is 4.81. The van der Waals surface area contributed by atoms with Crippen molar-refractivity contribution >= 4 is 5.91 Å². The van der Waals surface area contributed by atoms with Crippen LogP contribution in [-0.2, 0) is 6.18 Å². The largest absolute Gasteiger partial charge is 0.433 e. The number of alkyl halides is 3. The number of nitrogens with zero attached hydrogens (tertiary/aromatic N) is 4. The van der Waals surface area contributed by atoms with E-state index in [9.17, 15) is 22.4 Å². The summed E-state index contributed by atoms with van der Waals surface area (Å²) in [4.78, 5) is 18.3. The van der Waals surface area contributed by atoms with Crippen LogP contribution in [0.3, 0.4) is 0 Å². The molecule has 1 amide bonds. The Morgan fingerprint density at radius 2 is 2.00 bits per heavy atom. The molecule has 0 radical (unpaired) electrons. The monoisotopic (exact) mass is 409 g/mol. The summed E-state index contributed by atoms with van der Waals surface area (Å²) in [5.41, 5.74) is -1.12. The molecule has 11 heteroatoms. The van der Waals surface area contributed by atoms with Gasteiger partial charge in [-0.1, -0.05) is 5.16 Å². The zero-order valence-corrected chi connectivity index (χ0v) is 14.9. The molecule has 2 aromatic heterocycles. The molecule has 4 rings (SSSR count). The number of carbonyl (C=O) groups excluding carboxylic acids is 1. The van der Waals surface area contributed by atoms with E-state index in [-0.39, 0.29) is 24.2 Å². The van der Waals surface area contributed by atoms with Crippen molar-refractivity contribution in [1.82, 2.24) is 25.2 Å². The first-order valence-corrected chi connectivity index (χ1v) is 8.82. The maximum atomic E-state index is 13.1. The normalized spacial score (nSPS) is 17.5. The zero-order chi connectivity index (χ0) is 20.6. The van der Waals surface area contributed by atoms with E-state index in [0.717, 1.165) is 6.20 Å². The number of carbonyl (C=O) groups is 1. The molecule has 7 nitrogen and oxygen atoms in total. The summed E-state index contributed by atoms with van der Waals surface area (Å²) in [6, 6.07) is 5.57. The van der Waals surface area contributed by atoms with E-state index in [0.29, 0.717) is 24.9 Å². The molecule has 1 atom stereocenters. The maximum Gasteiger partial charge on any atom is 0.433 e. The van der Waals surface area contributed by atoms with Crippen LogP contribution in [0.25, 0.3) is 11.4 Å². The van der Waals surface area contributed by atoms with Crippen LogP contribution in [0.5, 0.6) is 0 Å². The Balaban J connectivity index is 1.51. The van der Waals surface area contributed by atoms with Gasteiger partial charge in [-0.15, -0.1) is 0 Å². The Morgan fingerprint density at radius 1 is 1.24 bits per heavy atom. The third kappa shape index (κ3) is 3.84. The topological polar surface area (TPSA) is 87.9 Å². The smallest absolute Gasteiger partial charge is 0.339 e. The summed E-state index contributed by atoms with van der Waals surface area (Å²) in [7, 11) is 0. The third-order valence-corrected chi connectivity index (χ3v) is 4.76. The Hall–Kier alpha value is -3.24. The second kappa shape index (κ2) is 7.30. The minimum absolute atomic E-state index is 0.145. The van der Waals surface area contributed by atoms with Crippen LogP contribution in [0.2, 0.25) is 0 Å². The van der Waals surface area contributed by atoms with Crippen molar-refractivity contribution in [2.24, 2.45) is 0 Å². The van der Waals surface area contributed by atoms with Crippen LogP contribution in [-0.4, -0.2) is 44.2 Å². The lowest BCUT2D eigenvalue weighted by Gasteiger charge is -2.31. The molecule has 1 aromatic carbocycles. The first kappa shape index (κ1) is 19.1. The summed E-state index contributed by atoms with van der Waals surface area (Å²) < 4.78 is 57.5. The summed E-state index contributed by atoms with van der Waals surface area (Å²) in [6.45, 7) is 0.461. The van der Waals surface area contributed by atoms with Gasteiger partial charge in [-0.25, -0.2) is 4.39 Å². The number of likely N-dealkylation sites (tertiary alicyclic amines) is 1. The van der Waals surface area contributed by atoms with Crippen molar-refractivity contribution in [1.29, 1.82) is 0 Å². The first-order valence-electron chi connectivity index (χ1n) is 8.82. The van der Waals surface area contributed by atoms with Gasteiger partial charge in [0, 0.05) is 18.7 Å². The van der Waals surface area contributed by atoms with Gasteiger partial charge in [0.15, 0.2) is 5.69 Å². The van der Waals surface area contributed by atoms with Crippen molar-refractivity contribution in [3.05, 3.63) is 53.4 Å². The van der Waals surface area contributed by atoms with Crippen LogP contribution in [0.4, 0.5) is 17.6 Å². The molecule has 1 N–H and O–H groups in total. The van der Waals surface area contributed by atoms with E-state index in [1.54, 1.807) is 0 Å². The van der Waals surface area contributed by atoms with Crippen LogP contribution in [0.15, 0.2) is 35.0 Å². The lowest BCUT2D eigenvalue weighted by Crippen LogP contribution is -2.39. The van der Waals surface area contributed by atoms with E-state index in [1.165, 1.54) is 29.2 Å². The Bertz CT molecular complexity index is 1010. The molecule has 1 unspecified atom stereocenters. The summed E-state index contributed by atoms with van der Waals surface area (Å²) in [5, 5.41) is 9.09. The molecule has 0 spiro atoms. The van der Waals surface area contributed by atoms with E-state index in [4.69, 9.17) is 4.52 Å². The average Bonchev–Trinajstić information content (AvgIpc) is 3.38. The molecular weight excluding hydrogens is 394 g/mol. The number of hydrogen-bond acceptors (Lipinski definition) is 5. The third-order valence-electron chi connectivity index (χ3n) is 4.76. The SMILES string of the molecule is O=C(c1cn[nH]c1C(F)(F)F)N1CCCC(c2nc(-c3ccc(F)cc3)no2)C1. The highest BCUT2D eigenvalue weighted by Crippen LogP contribution is 2.32. The lowest BCUT2D eigenvalue weighted by molar-refractivity contribution is -0.141. The van der Waals surface area contributed by atoms with Crippen molar-refractivity contribution in [3.8, 4) is 11.4 Å². The number of aromatic nitrogens is 4. The van der Waals surface area contributed by atoms with Gasteiger partial charge >= 0.3 is 6.18 Å². The van der Waals surface area contributed by atoms with Gasteiger partial charge < -0.3 is 9.42 Å². The molecule has 3 heterocycles. The zero-order valence-electron chi connectivity index (χ0n) is 14.9. The number of rotatable bonds is 3. The molecule has 1 aliphatic rings. The second-order valence-electron chi connectivity index (χ2n) is 6.71. The number of amides is 1. The maximum absolute atomic E-state index is 13.1. The quantitative estimate of drug-likeness (QED) is 0.668. The second-order valence-corrected chi connectivity index (χ2v) is 6.71. The standard InChI is InChI=1S/C18H15F4N5O2/c19-12-5-3-10(4-6-12)15-24-16(29-26-15)11-2-1-7-27(9-11)17(28)13-8-23-25-14(13)18(20,21)22/h3-6,8,11H,1-2,7,9H2,(H,23,25). The van der Waals surface area contributed by atoms with Crippen molar-refractivity contribution in [2.45, 2.75) is 24.9 Å². The summed E-state index contributed by atoms with van der Waals surface area (Å²) in [5.74, 6) is -0.899. The van der Waals surface area contributed by atoms with Gasteiger partial charge in [0.2, 0.25) is 11.7 Å². The first-order chi connectivity index (χ1) is 13.8. The molecule has 0 aliphatic carbocycles. The van der Waals surface area contributed by atoms with Crippen molar-refractivity contribution in [3.63, 3.8) is 0 Å². The van der Waals surface area contributed by atoms with E-state index >= 15 is 0 Å². The van der Waals surface area contributed by atoms with E-state index in [1.807, 2.05) is 5.10 Å². The number of aromatic amines is 1. The highest BCUT2D eigenvalue weighted by atomic mass is 19.4. The number of hydrogen-bond donors (Lipinski definition) is 1. The van der Waals surface area contributed by atoms with Crippen molar-refractivity contribution in [2.75, 3.05) is 13.1 Å². The van der Waals surface area contributed by atoms with Gasteiger partial charge in [-0.2, -0.15) is 23.3 Å². The Labute approximate surface area is 161 Å². The Morgan fingerprint density at radius 3 is 2.72 bits per heavy atom. The molecule has 29 heavy (non-hydrogen) atoms. The predicted octanol–water partition coefficient (Wildman–Crippen LogP) is 3.64. The highest BCUT2D eigenvalue weighted by Gasteiger charge is 2.39. The average molecular weight is 409 g/mol. The number of halogens is 4. The van der Waals surface area contributed by atoms with Crippen LogP contribution in [0, 0.1) is 5.82 Å². The van der Waals surface area contributed by atoms with Crippen LogP contribution >= 0.6 is 0 Å². The van der Waals surface area contributed by atoms with Gasteiger partial charge in [0.25, 0.3) is 5.91 Å². The molecule has 3 aromatic rings. The van der Waals surface area contributed by atoms with E-state index in [2.05, 4.69) is 15.2 Å². The minimum Gasteiger partial charge on any atom is -0.339 e. The molecule has 152 valence electrons. The fourth-order valence-electron chi connectivity index (χ4n) is 3.32. The lowest BCUT2D eigenvalue weighted by atomic mass is 9.97. The number of benzene rings is 1. The van der Waals surface area contributed by atoms with Crippen LogP contribution in [0.1, 0.15) is 40.7 Å². The number of piperidine rings is 1.